The van der Waals surface area contributed by atoms with E-state index in [2.05, 4.69) is 15.5 Å². The van der Waals surface area contributed by atoms with E-state index in [-0.39, 0.29) is 17.9 Å². The van der Waals surface area contributed by atoms with Crippen molar-refractivity contribution in [3.8, 4) is 0 Å². The summed E-state index contributed by atoms with van der Waals surface area (Å²) in [6, 6.07) is 5.41. The number of benzene rings is 1. The molecule has 6 heteroatoms. The number of urea groups is 1. The zero-order valence-corrected chi connectivity index (χ0v) is 12.4. The normalized spacial score (nSPS) is 19.5. The summed E-state index contributed by atoms with van der Waals surface area (Å²) >= 11 is 0. The van der Waals surface area contributed by atoms with Gasteiger partial charge in [0.2, 0.25) is 0 Å². The van der Waals surface area contributed by atoms with Crippen LogP contribution in [0.1, 0.15) is 20.3 Å². The Morgan fingerprint density at radius 1 is 1.43 bits per heavy atom. The summed E-state index contributed by atoms with van der Waals surface area (Å²) in [7, 11) is 0. The van der Waals surface area contributed by atoms with Gasteiger partial charge in [-0.3, -0.25) is 4.90 Å². The minimum atomic E-state index is -0.731. The summed E-state index contributed by atoms with van der Waals surface area (Å²) in [4.78, 5) is 14.0. The van der Waals surface area contributed by atoms with Gasteiger partial charge in [-0.05, 0) is 44.5 Å². The van der Waals surface area contributed by atoms with Crippen LogP contribution in [-0.2, 0) is 0 Å². The third-order valence-electron chi connectivity index (χ3n) is 3.32. The maximum absolute atomic E-state index is 12.8. The number of carbonyl (C=O) groups is 1. The maximum Gasteiger partial charge on any atom is 0.319 e. The summed E-state index contributed by atoms with van der Waals surface area (Å²) in [5, 5.41) is 15.4. The first-order valence-corrected chi connectivity index (χ1v) is 7.10. The van der Waals surface area contributed by atoms with Crippen molar-refractivity contribution in [1.82, 2.24) is 10.2 Å². The van der Waals surface area contributed by atoms with Gasteiger partial charge in [0.25, 0.3) is 0 Å². The van der Waals surface area contributed by atoms with Crippen LogP contribution in [0.5, 0.6) is 0 Å². The molecule has 1 fully saturated rings. The Kier molecular flexibility index (Phi) is 4.80. The Balaban J connectivity index is 1.77. The molecule has 1 aliphatic rings. The monoisotopic (exact) mass is 295 g/mol. The van der Waals surface area contributed by atoms with E-state index in [4.69, 9.17) is 0 Å². The second kappa shape index (κ2) is 6.41. The number of β-amino-alcohol motifs (C(OH)–C–C–N with tert-alkyl or cyclic N) is 1. The van der Waals surface area contributed by atoms with Gasteiger partial charge < -0.3 is 15.7 Å². The van der Waals surface area contributed by atoms with Crippen LogP contribution < -0.4 is 10.6 Å². The summed E-state index contributed by atoms with van der Waals surface area (Å²) in [6.07, 6.45) is 0.854. The van der Waals surface area contributed by atoms with Gasteiger partial charge in [0, 0.05) is 31.4 Å². The molecule has 0 saturated carbocycles. The lowest BCUT2D eigenvalue weighted by Gasteiger charge is -2.25. The molecule has 0 radical (unpaired) electrons. The first-order valence-electron chi connectivity index (χ1n) is 7.10. The van der Waals surface area contributed by atoms with Crippen LogP contribution >= 0.6 is 0 Å². The Hall–Kier alpha value is -1.66. The van der Waals surface area contributed by atoms with Crippen molar-refractivity contribution in [1.29, 1.82) is 0 Å². The molecule has 0 aliphatic carbocycles. The smallest absolute Gasteiger partial charge is 0.319 e. The quantitative estimate of drug-likeness (QED) is 0.793. The zero-order chi connectivity index (χ0) is 15.5. The zero-order valence-electron chi connectivity index (χ0n) is 12.4. The molecule has 2 amide bonds. The SMILES string of the molecule is CC(C)(O)CN1CCC(NC(=O)Nc2ccc(F)cc2)C1. The van der Waals surface area contributed by atoms with E-state index in [0.717, 1.165) is 19.5 Å². The van der Waals surface area contributed by atoms with E-state index in [1.54, 1.807) is 13.8 Å². The number of halogens is 1. The fraction of sp³-hybridized carbons (Fsp3) is 0.533. The minimum Gasteiger partial charge on any atom is -0.389 e. The highest BCUT2D eigenvalue weighted by atomic mass is 19.1. The number of hydrogen-bond donors (Lipinski definition) is 3. The topological polar surface area (TPSA) is 64.6 Å². The number of anilines is 1. The van der Waals surface area contributed by atoms with Crippen LogP contribution in [0.4, 0.5) is 14.9 Å². The van der Waals surface area contributed by atoms with Crippen LogP contribution in [0.3, 0.4) is 0 Å². The molecule has 2 rings (SSSR count). The van der Waals surface area contributed by atoms with Crippen molar-refractivity contribution in [3.05, 3.63) is 30.1 Å². The van der Waals surface area contributed by atoms with Crippen LogP contribution in [0.25, 0.3) is 0 Å². The molecule has 1 aromatic carbocycles. The van der Waals surface area contributed by atoms with E-state index in [0.29, 0.717) is 12.2 Å². The Labute approximate surface area is 124 Å². The fourth-order valence-electron chi connectivity index (χ4n) is 2.53. The van der Waals surface area contributed by atoms with Crippen LogP contribution in [-0.4, -0.2) is 47.3 Å². The average Bonchev–Trinajstić information content (AvgIpc) is 2.77. The Morgan fingerprint density at radius 2 is 2.10 bits per heavy atom. The van der Waals surface area contributed by atoms with Gasteiger partial charge in [0.05, 0.1) is 5.60 Å². The van der Waals surface area contributed by atoms with Crippen LogP contribution in [0.2, 0.25) is 0 Å². The van der Waals surface area contributed by atoms with E-state index in [1.807, 2.05) is 0 Å². The fourth-order valence-corrected chi connectivity index (χ4v) is 2.53. The molecule has 1 heterocycles. The van der Waals surface area contributed by atoms with Crippen molar-refractivity contribution in [2.75, 3.05) is 25.0 Å². The number of likely N-dealkylation sites (tertiary alicyclic amines) is 1. The minimum absolute atomic E-state index is 0.0628. The van der Waals surface area contributed by atoms with Crippen molar-refractivity contribution in [2.24, 2.45) is 0 Å². The van der Waals surface area contributed by atoms with Gasteiger partial charge >= 0.3 is 6.03 Å². The molecule has 0 bridgehead atoms. The van der Waals surface area contributed by atoms with Crippen LogP contribution in [0.15, 0.2) is 24.3 Å². The standard InChI is InChI=1S/C15H22FN3O2/c1-15(2,21)10-19-8-7-13(9-19)18-14(20)17-12-5-3-11(16)4-6-12/h3-6,13,21H,7-10H2,1-2H3,(H2,17,18,20). The van der Waals surface area contributed by atoms with Crippen molar-refractivity contribution in [3.63, 3.8) is 0 Å². The lowest BCUT2D eigenvalue weighted by Crippen LogP contribution is -2.42. The van der Waals surface area contributed by atoms with Crippen molar-refractivity contribution < 1.29 is 14.3 Å². The summed E-state index contributed by atoms with van der Waals surface area (Å²) in [5.41, 5.74) is -0.175. The van der Waals surface area contributed by atoms with Gasteiger partial charge in [-0.15, -0.1) is 0 Å². The lowest BCUT2D eigenvalue weighted by molar-refractivity contribution is 0.0434. The highest BCUT2D eigenvalue weighted by Gasteiger charge is 2.27. The van der Waals surface area contributed by atoms with Gasteiger partial charge in [-0.25, -0.2) is 9.18 Å². The van der Waals surface area contributed by atoms with E-state index < -0.39 is 5.60 Å². The molecule has 1 aromatic rings. The van der Waals surface area contributed by atoms with Crippen molar-refractivity contribution >= 4 is 11.7 Å². The largest absolute Gasteiger partial charge is 0.389 e. The molecular formula is C15H22FN3O2. The van der Waals surface area contributed by atoms with Gasteiger partial charge in [0.1, 0.15) is 5.82 Å². The summed E-state index contributed by atoms with van der Waals surface area (Å²) < 4.78 is 12.8. The van der Waals surface area contributed by atoms with E-state index in [1.165, 1.54) is 24.3 Å². The molecule has 0 spiro atoms. The lowest BCUT2D eigenvalue weighted by atomic mass is 10.1. The maximum atomic E-state index is 12.8. The number of carbonyl (C=O) groups excluding carboxylic acids is 1. The predicted molar refractivity (Wildman–Crippen MR) is 79.7 cm³/mol. The summed E-state index contributed by atoms with van der Waals surface area (Å²) in [5.74, 6) is -0.334. The number of nitrogens with one attached hydrogen (secondary N) is 2. The molecule has 1 atom stereocenters. The highest BCUT2D eigenvalue weighted by Crippen LogP contribution is 2.14. The third kappa shape index (κ3) is 5.32. The number of rotatable bonds is 4. The Bertz CT molecular complexity index is 485. The predicted octanol–water partition coefficient (Wildman–Crippen LogP) is 1.79. The first kappa shape index (κ1) is 15.7. The van der Waals surface area contributed by atoms with E-state index in [9.17, 15) is 14.3 Å². The number of amides is 2. The third-order valence-corrected chi connectivity index (χ3v) is 3.32. The second-order valence-corrected chi connectivity index (χ2v) is 6.14. The molecule has 21 heavy (non-hydrogen) atoms. The highest BCUT2D eigenvalue weighted by molar-refractivity contribution is 5.89. The number of aliphatic hydroxyl groups is 1. The van der Waals surface area contributed by atoms with Gasteiger partial charge in [0.15, 0.2) is 0 Å². The average molecular weight is 295 g/mol. The molecule has 3 N–H and O–H groups in total. The second-order valence-electron chi connectivity index (χ2n) is 6.14. The Morgan fingerprint density at radius 3 is 2.71 bits per heavy atom. The molecule has 1 saturated heterocycles. The molecule has 1 aliphatic heterocycles. The molecular weight excluding hydrogens is 273 g/mol. The van der Waals surface area contributed by atoms with E-state index >= 15 is 0 Å². The van der Waals surface area contributed by atoms with Crippen LogP contribution in [0, 0.1) is 5.82 Å². The molecule has 1 unspecified atom stereocenters. The number of nitrogens with zero attached hydrogens (tertiary/aromatic N) is 1. The molecule has 0 aromatic heterocycles. The summed E-state index contributed by atoms with van der Waals surface area (Å²) in [6.45, 7) is 5.71. The number of hydrogen-bond acceptors (Lipinski definition) is 3. The molecule has 116 valence electrons. The first-order chi connectivity index (χ1) is 9.82. The molecule has 5 nitrogen and oxygen atoms in total. The van der Waals surface area contributed by atoms with Crippen molar-refractivity contribution in [2.45, 2.75) is 31.9 Å². The van der Waals surface area contributed by atoms with Gasteiger partial charge in [-0.2, -0.15) is 0 Å². The van der Waals surface area contributed by atoms with Gasteiger partial charge in [-0.1, -0.05) is 0 Å².